The standard InChI is InChI=1S/C41H51N3O5S2/c1-8-22-43-35-13-11-10-12-31(35)40(3,4)37(43)20-15-29-33-18-19-34(42(33)7)30(39(29)50-25-24-49-27-45)16-21-38-41(5,6)32-26-28(51(46,47)48)14-17-36(32)44(38)23-9-2/h10-17,20-21,26-27,33-34H,8-9,18-19,22-25H2,1-7H3/p+1. The third-order valence-corrected chi connectivity index (χ3v) is 13.1. The van der Waals surface area contributed by atoms with Crippen molar-refractivity contribution in [1.29, 1.82) is 0 Å². The number of para-hydroxylation sites is 1. The minimum atomic E-state index is -4.34. The highest BCUT2D eigenvalue weighted by molar-refractivity contribution is 8.03. The number of carbonyl (C=O) groups is 1. The summed E-state index contributed by atoms with van der Waals surface area (Å²) in [6.45, 7) is 15.8. The van der Waals surface area contributed by atoms with Crippen molar-refractivity contribution in [3.05, 3.63) is 99.6 Å². The van der Waals surface area contributed by atoms with Gasteiger partial charge >= 0.3 is 0 Å². The SMILES string of the molecule is CCCN1/C(=C/C=C2C(SCCOC=O)=C(/C=C/C3=[N+](CCC)c4ccccc4C3(C)C)C3CCC/2N3C)C(C)(C)c2cc(S(=O)(=O)O)ccc21. The molecule has 4 aliphatic heterocycles. The Hall–Kier alpha value is -3.44. The number of hydrogen-bond acceptors (Lipinski definition) is 7. The van der Waals surface area contributed by atoms with Gasteiger partial charge in [-0.25, -0.2) is 0 Å². The monoisotopic (exact) mass is 730 g/mol. The van der Waals surface area contributed by atoms with Crippen molar-refractivity contribution in [2.45, 2.75) is 95.0 Å². The molecule has 0 aromatic heterocycles. The zero-order valence-electron chi connectivity index (χ0n) is 31.0. The summed E-state index contributed by atoms with van der Waals surface area (Å²) >= 11 is 1.76. The minimum Gasteiger partial charge on any atom is -0.467 e. The summed E-state index contributed by atoms with van der Waals surface area (Å²) in [6, 6.07) is 14.2. The number of allylic oxidation sites excluding steroid dienone is 4. The van der Waals surface area contributed by atoms with Crippen LogP contribution >= 0.6 is 11.8 Å². The molecule has 0 aliphatic carbocycles. The van der Waals surface area contributed by atoms with Gasteiger partial charge in [-0.1, -0.05) is 58.0 Å². The van der Waals surface area contributed by atoms with E-state index >= 15 is 0 Å². The minimum absolute atomic E-state index is 0.0872. The van der Waals surface area contributed by atoms with Crippen LogP contribution in [0.1, 0.15) is 78.4 Å². The molecular formula is C41H52N3O5S2+. The number of hydrogen-bond donors (Lipinski definition) is 1. The second-order valence-electron chi connectivity index (χ2n) is 15.0. The molecule has 2 atom stereocenters. The lowest BCUT2D eigenvalue weighted by Crippen LogP contribution is -2.39. The molecule has 6 rings (SSSR count). The van der Waals surface area contributed by atoms with E-state index in [2.05, 4.69) is 112 Å². The molecule has 2 aromatic rings. The maximum atomic E-state index is 12.1. The van der Waals surface area contributed by atoms with E-state index < -0.39 is 15.5 Å². The van der Waals surface area contributed by atoms with Gasteiger partial charge in [-0.3, -0.25) is 14.2 Å². The number of likely N-dealkylation sites (N-methyl/N-ethyl adjacent to an activating group) is 1. The molecule has 1 saturated heterocycles. The van der Waals surface area contributed by atoms with Gasteiger partial charge in [0.25, 0.3) is 16.6 Å². The van der Waals surface area contributed by atoms with Crippen LogP contribution in [0.15, 0.2) is 93.4 Å². The molecule has 0 spiro atoms. The normalized spacial score (nSPS) is 24.0. The lowest BCUT2D eigenvalue weighted by Gasteiger charge is -2.36. The summed E-state index contributed by atoms with van der Waals surface area (Å²) in [5.74, 6) is 0.648. The summed E-state index contributed by atoms with van der Waals surface area (Å²) in [4.78, 5) is 17.0. The molecule has 2 unspecified atom stereocenters. The van der Waals surface area contributed by atoms with Crippen molar-refractivity contribution in [2.24, 2.45) is 0 Å². The zero-order chi connectivity index (χ0) is 36.7. The number of ether oxygens (including phenoxy) is 1. The van der Waals surface area contributed by atoms with E-state index in [1.807, 2.05) is 6.07 Å². The van der Waals surface area contributed by atoms with Crippen LogP contribution in [-0.4, -0.2) is 79.2 Å². The molecule has 4 heterocycles. The first-order valence-electron chi connectivity index (χ1n) is 18.2. The number of anilines is 1. The van der Waals surface area contributed by atoms with Crippen LogP contribution < -0.4 is 4.90 Å². The molecule has 2 bridgehead atoms. The molecule has 10 heteroatoms. The average molecular weight is 731 g/mol. The Morgan fingerprint density at radius 3 is 2.43 bits per heavy atom. The molecule has 1 fully saturated rings. The van der Waals surface area contributed by atoms with E-state index in [0.717, 1.165) is 55.7 Å². The van der Waals surface area contributed by atoms with Crippen molar-refractivity contribution in [3.8, 4) is 0 Å². The summed E-state index contributed by atoms with van der Waals surface area (Å²) in [6.07, 6.45) is 13.3. The Balaban J connectivity index is 1.48. The Bertz CT molecular complexity index is 1970. The highest BCUT2D eigenvalue weighted by atomic mass is 32.2. The second-order valence-corrected chi connectivity index (χ2v) is 17.5. The van der Waals surface area contributed by atoms with Crippen LogP contribution in [-0.2, 0) is 30.5 Å². The fraction of sp³-hybridized carbons (Fsp3) is 0.463. The fourth-order valence-electron chi connectivity index (χ4n) is 8.66. The molecule has 0 saturated carbocycles. The van der Waals surface area contributed by atoms with Crippen LogP contribution in [0.2, 0.25) is 0 Å². The zero-order valence-corrected chi connectivity index (χ0v) is 32.6. The van der Waals surface area contributed by atoms with E-state index in [-0.39, 0.29) is 22.4 Å². The average Bonchev–Trinajstić information content (AvgIpc) is 3.58. The number of benzene rings is 2. The fourth-order valence-corrected chi connectivity index (χ4v) is 10.3. The predicted molar refractivity (Wildman–Crippen MR) is 208 cm³/mol. The predicted octanol–water partition coefficient (Wildman–Crippen LogP) is 7.93. The number of carbonyl (C=O) groups excluding carboxylic acids is 1. The van der Waals surface area contributed by atoms with E-state index in [4.69, 9.17) is 4.74 Å². The molecular weight excluding hydrogens is 679 g/mol. The van der Waals surface area contributed by atoms with Gasteiger partial charge in [-0.15, -0.1) is 11.8 Å². The van der Waals surface area contributed by atoms with Crippen molar-refractivity contribution in [3.63, 3.8) is 0 Å². The molecule has 0 radical (unpaired) electrons. The first-order valence-corrected chi connectivity index (χ1v) is 20.6. The van der Waals surface area contributed by atoms with Crippen LogP contribution in [0.25, 0.3) is 0 Å². The summed E-state index contributed by atoms with van der Waals surface area (Å²) in [5.41, 5.74) is 8.77. The number of thioether (sulfide) groups is 1. The van der Waals surface area contributed by atoms with Crippen molar-refractivity contribution in [1.82, 2.24) is 4.90 Å². The Kier molecular flexibility index (Phi) is 10.6. The quantitative estimate of drug-likeness (QED) is 0.0963. The van der Waals surface area contributed by atoms with Gasteiger partial charge < -0.3 is 9.64 Å². The van der Waals surface area contributed by atoms with Crippen molar-refractivity contribution in [2.75, 3.05) is 37.4 Å². The molecule has 51 heavy (non-hydrogen) atoms. The summed E-state index contributed by atoms with van der Waals surface area (Å²) in [7, 11) is -2.11. The smallest absolute Gasteiger partial charge is 0.294 e. The molecule has 2 aromatic carbocycles. The van der Waals surface area contributed by atoms with E-state index in [1.54, 1.807) is 17.8 Å². The van der Waals surface area contributed by atoms with Crippen molar-refractivity contribution < 1.29 is 27.1 Å². The summed E-state index contributed by atoms with van der Waals surface area (Å²) in [5, 5.41) is 0. The van der Waals surface area contributed by atoms with Gasteiger partial charge in [0.1, 0.15) is 13.2 Å². The van der Waals surface area contributed by atoms with Crippen molar-refractivity contribution >= 4 is 45.4 Å². The van der Waals surface area contributed by atoms with Gasteiger partial charge in [0.05, 0.1) is 10.3 Å². The van der Waals surface area contributed by atoms with Crippen LogP contribution in [0.4, 0.5) is 11.4 Å². The van der Waals surface area contributed by atoms with Gasteiger partial charge in [-0.05, 0) is 81.1 Å². The van der Waals surface area contributed by atoms with Gasteiger partial charge in [0.15, 0.2) is 5.71 Å². The van der Waals surface area contributed by atoms with E-state index in [0.29, 0.717) is 18.8 Å². The van der Waals surface area contributed by atoms with Crippen LogP contribution in [0.3, 0.4) is 0 Å². The molecule has 0 amide bonds. The van der Waals surface area contributed by atoms with Gasteiger partial charge in [0, 0.05) is 70.2 Å². The Morgan fingerprint density at radius 2 is 1.73 bits per heavy atom. The molecule has 4 aliphatic rings. The van der Waals surface area contributed by atoms with E-state index in [9.17, 15) is 17.8 Å². The number of rotatable bonds is 13. The highest BCUT2D eigenvalue weighted by Crippen LogP contribution is 2.50. The summed E-state index contributed by atoms with van der Waals surface area (Å²) < 4.78 is 41.7. The number of fused-ring (bicyclic) bond motifs is 4. The molecule has 8 nitrogen and oxygen atoms in total. The molecule has 272 valence electrons. The Morgan fingerprint density at radius 1 is 0.980 bits per heavy atom. The first-order chi connectivity index (χ1) is 24.3. The largest absolute Gasteiger partial charge is 0.467 e. The lowest BCUT2D eigenvalue weighted by atomic mass is 9.81. The van der Waals surface area contributed by atoms with Crippen LogP contribution in [0.5, 0.6) is 0 Å². The third-order valence-electron chi connectivity index (χ3n) is 11.2. The first kappa shape index (κ1) is 37.3. The van der Waals surface area contributed by atoms with E-state index in [1.165, 1.54) is 39.1 Å². The number of nitrogens with zero attached hydrogens (tertiary/aromatic N) is 3. The second kappa shape index (κ2) is 14.5. The van der Waals surface area contributed by atoms with Gasteiger partial charge in [-0.2, -0.15) is 13.0 Å². The lowest BCUT2D eigenvalue weighted by molar-refractivity contribution is -0.437. The third kappa shape index (κ3) is 6.69. The topological polar surface area (TPSA) is 90.2 Å². The molecule has 1 N–H and O–H groups in total. The maximum absolute atomic E-state index is 12.1. The Labute approximate surface area is 308 Å². The van der Waals surface area contributed by atoms with Crippen LogP contribution in [0, 0.1) is 0 Å². The maximum Gasteiger partial charge on any atom is 0.294 e. The van der Waals surface area contributed by atoms with Gasteiger partial charge in [0.2, 0.25) is 5.69 Å². The highest BCUT2D eigenvalue weighted by Gasteiger charge is 2.46.